The molecule has 0 saturated heterocycles. The molecule has 0 fully saturated rings. The predicted octanol–water partition coefficient (Wildman–Crippen LogP) is 4.38. The third-order valence-electron chi connectivity index (χ3n) is 5.48. The largest absolute Gasteiger partial charge is 0.497 e. The minimum atomic E-state index is -3.90. The second kappa shape index (κ2) is 10.6. The highest BCUT2D eigenvalue weighted by atomic mass is 32.2. The number of nitrogens with one attached hydrogen (secondary N) is 1. The Morgan fingerprint density at radius 1 is 1.00 bits per heavy atom. The lowest BCUT2D eigenvalue weighted by atomic mass is 10.1. The Bertz CT molecular complexity index is 1190. The average Bonchev–Trinajstić information content (AvgIpc) is 2.80. The lowest BCUT2D eigenvalue weighted by molar-refractivity contribution is -0.122. The van der Waals surface area contributed by atoms with Gasteiger partial charge in [0.1, 0.15) is 5.75 Å². The summed E-state index contributed by atoms with van der Waals surface area (Å²) in [4.78, 5) is 13.2. The molecule has 0 aromatic heterocycles. The van der Waals surface area contributed by atoms with E-state index in [9.17, 15) is 13.2 Å². The summed E-state index contributed by atoms with van der Waals surface area (Å²) in [6, 6.07) is 21.7. The molecule has 1 N–H and O–H groups in total. The van der Waals surface area contributed by atoms with Crippen molar-refractivity contribution in [3.63, 3.8) is 0 Å². The van der Waals surface area contributed by atoms with Gasteiger partial charge in [0, 0.05) is 6.54 Å². The van der Waals surface area contributed by atoms with Crippen LogP contribution in [0.5, 0.6) is 5.75 Å². The first kappa shape index (κ1) is 24.5. The number of rotatable bonds is 9. The van der Waals surface area contributed by atoms with Gasteiger partial charge in [0.2, 0.25) is 15.9 Å². The van der Waals surface area contributed by atoms with Crippen molar-refractivity contribution in [3.8, 4) is 5.75 Å². The standard InChI is InChI=1S/C26H30N2O4S/c1-19-10-11-20(2)25(16-19)33(30,31)28(17-22-8-6-5-7-9-22)18-26(29)27-21(3)23-12-14-24(32-4)15-13-23/h5-16,21H,17-18H2,1-4H3,(H,27,29). The van der Waals surface area contributed by atoms with Gasteiger partial charge in [0.15, 0.2) is 0 Å². The van der Waals surface area contributed by atoms with Gasteiger partial charge in [-0.05, 0) is 61.2 Å². The van der Waals surface area contributed by atoms with Gasteiger partial charge in [-0.3, -0.25) is 4.79 Å². The van der Waals surface area contributed by atoms with Crippen LogP contribution in [-0.4, -0.2) is 32.3 Å². The molecule has 174 valence electrons. The first-order valence-electron chi connectivity index (χ1n) is 10.8. The molecule has 6 nitrogen and oxygen atoms in total. The van der Waals surface area contributed by atoms with Crippen LogP contribution in [0.1, 0.15) is 35.2 Å². The number of sulfonamides is 1. The van der Waals surface area contributed by atoms with E-state index in [1.54, 1.807) is 26.2 Å². The van der Waals surface area contributed by atoms with Gasteiger partial charge in [-0.15, -0.1) is 0 Å². The normalized spacial score (nSPS) is 12.4. The number of methoxy groups -OCH3 is 1. The summed E-state index contributed by atoms with van der Waals surface area (Å²) < 4.78 is 33.6. The molecule has 0 aliphatic rings. The van der Waals surface area contributed by atoms with Crippen molar-refractivity contribution in [2.45, 2.75) is 38.3 Å². The van der Waals surface area contributed by atoms with Crippen LogP contribution < -0.4 is 10.1 Å². The van der Waals surface area contributed by atoms with Crippen molar-refractivity contribution >= 4 is 15.9 Å². The summed E-state index contributed by atoms with van der Waals surface area (Å²) in [6.07, 6.45) is 0. The summed E-state index contributed by atoms with van der Waals surface area (Å²) in [7, 11) is -2.31. The lowest BCUT2D eigenvalue weighted by Crippen LogP contribution is -2.41. The number of hydrogen-bond donors (Lipinski definition) is 1. The summed E-state index contributed by atoms with van der Waals surface area (Å²) in [5.41, 5.74) is 3.20. The van der Waals surface area contributed by atoms with Gasteiger partial charge in [-0.2, -0.15) is 4.31 Å². The van der Waals surface area contributed by atoms with Gasteiger partial charge in [0.25, 0.3) is 0 Å². The van der Waals surface area contributed by atoms with E-state index in [1.165, 1.54) is 4.31 Å². The topological polar surface area (TPSA) is 75.7 Å². The van der Waals surface area contributed by atoms with E-state index >= 15 is 0 Å². The molecule has 7 heteroatoms. The smallest absolute Gasteiger partial charge is 0.244 e. The summed E-state index contributed by atoms with van der Waals surface area (Å²) in [5, 5.41) is 2.91. The summed E-state index contributed by atoms with van der Waals surface area (Å²) in [6.45, 7) is 5.29. The van der Waals surface area contributed by atoms with E-state index in [0.717, 1.165) is 22.4 Å². The third kappa shape index (κ3) is 6.21. The van der Waals surface area contributed by atoms with Crippen LogP contribution in [0.15, 0.2) is 77.7 Å². The van der Waals surface area contributed by atoms with E-state index in [2.05, 4.69) is 5.32 Å². The number of carbonyl (C=O) groups is 1. The molecule has 33 heavy (non-hydrogen) atoms. The highest BCUT2D eigenvalue weighted by molar-refractivity contribution is 7.89. The van der Waals surface area contributed by atoms with E-state index in [4.69, 9.17) is 4.74 Å². The zero-order valence-electron chi connectivity index (χ0n) is 19.4. The summed E-state index contributed by atoms with van der Waals surface area (Å²) in [5.74, 6) is 0.356. The Morgan fingerprint density at radius 2 is 1.67 bits per heavy atom. The van der Waals surface area contributed by atoms with Gasteiger partial charge < -0.3 is 10.1 Å². The van der Waals surface area contributed by atoms with Gasteiger partial charge in [-0.1, -0.05) is 54.6 Å². The third-order valence-corrected chi connectivity index (χ3v) is 7.41. The van der Waals surface area contributed by atoms with Gasteiger partial charge in [0.05, 0.1) is 24.6 Å². The van der Waals surface area contributed by atoms with Crippen LogP contribution in [0, 0.1) is 13.8 Å². The first-order chi connectivity index (χ1) is 15.7. The van der Waals surface area contributed by atoms with Crippen molar-refractivity contribution in [3.05, 3.63) is 95.1 Å². The van der Waals surface area contributed by atoms with Crippen LogP contribution in [0.4, 0.5) is 0 Å². The molecular formula is C26H30N2O4S. The molecule has 3 aromatic rings. The van der Waals surface area contributed by atoms with E-state index in [-0.39, 0.29) is 29.9 Å². The maximum Gasteiger partial charge on any atom is 0.244 e. The quantitative estimate of drug-likeness (QED) is 0.508. The van der Waals surface area contributed by atoms with Gasteiger partial charge >= 0.3 is 0 Å². The van der Waals surface area contributed by atoms with Gasteiger partial charge in [-0.25, -0.2) is 8.42 Å². The minimum absolute atomic E-state index is 0.0981. The zero-order chi connectivity index (χ0) is 24.0. The van der Waals surface area contributed by atoms with Crippen LogP contribution >= 0.6 is 0 Å². The number of benzene rings is 3. The highest BCUT2D eigenvalue weighted by Crippen LogP contribution is 2.23. The summed E-state index contributed by atoms with van der Waals surface area (Å²) >= 11 is 0. The maximum atomic E-state index is 13.6. The number of aryl methyl sites for hydroxylation is 2. The van der Waals surface area contributed by atoms with Crippen molar-refractivity contribution in [1.29, 1.82) is 0 Å². The Hall–Kier alpha value is -3.16. The van der Waals surface area contributed by atoms with Crippen LogP contribution in [0.25, 0.3) is 0 Å². The molecule has 1 atom stereocenters. The molecule has 1 unspecified atom stereocenters. The average molecular weight is 467 g/mol. The molecule has 0 saturated carbocycles. The molecule has 3 aromatic carbocycles. The van der Waals surface area contributed by atoms with Crippen LogP contribution in [0.2, 0.25) is 0 Å². The molecule has 0 heterocycles. The van der Waals surface area contributed by atoms with Crippen LogP contribution in [0.3, 0.4) is 0 Å². The lowest BCUT2D eigenvalue weighted by Gasteiger charge is -2.24. The SMILES string of the molecule is COc1ccc(C(C)NC(=O)CN(Cc2ccccc2)S(=O)(=O)c2cc(C)ccc2C)cc1. The van der Waals surface area contributed by atoms with E-state index in [1.807, 2.05) is 74.5 Å². The number of carbonyl (C=O) groups excluding carboxylic acids is 1. The fourth-order valence-corrected chi connectivity index (χ4v) is 5.25. The Labute approximate surface area is 196 Å². The molecule has 0 aliphatic heterocycles. The molecule has 0 spiro atoms. The molecule has 0 bridgehead atoms. The van der Waals surface area contributed by atoms with E-state index in [0.29, 0.717) is 5.56 Å². The zero-order valence-corrected chi connectivity index (χ0v) is 20.2. The molecule has 1 amide bonds. The number of amides is 1. The Morgan fingerprint density at radius 3 is 2.30 bits per heavy atom. The first-order valence-corrected chi connectivity index (χ1v) is 12.2. The molecule has 0 radical (unpaired) electrons. The predicted molar refractivity (Wildman–Crippen MR) is 130 cm³/mol. The van der Waals surface area contributed by atoms with Crippen LogP contribution in [-0.2, 0) is 21.4 Å². The van der Waals surface area contributed by atoms with Crippen molar-refractivity contribution in [2.24, 2.45) is 0 Å². The van der Waals surface area contributed by atoms with E-state index < -0.39 is 10.0 Å². The molecular weight excluding hydrogens is 436 g/mol. The Kier molecular flexibility index (Phi) is 7.89. The fourth-order valence-electron chi connectivity index (χ4n) is 3.56. The number of nitrogens with zero attached hydrogens (tertiary/aromatic N) is 1. The van der Waals surface area contributed by atoms with Crippen molar-refractivity contribution in [1.82, 2.24) is 9.62 Å². The maximum absolute atomic E-state index is 13.6. The minimum Gasteiger partial charge on any atom is -0.497 e. The highest BCUT2D eigenvalue weighted by Gasteiger charge is 2.29. The molecule has 3 rings (SSSR count). The molecule has 0 aliphatic carbocycles. The van der Waals surface area contributed by atoms with Crippen molar-refractivity contribution in [2.75, 3.05) is 13.7 Å². The Balaban J connectivity index is 1.84. The second-order valence-corrected chi connectivity index (χ2v) is 10.00. The number of ether oxygens (including phenoxy) is 1. The second-order valence-electron chi connectivity index (χ2n) is 8.09. The fraction of sp³-hybridized carbons (Fsp3) is 0.269. The van der Waals surface area contributed by atoms with Crippen molar-refractivity contribution < 1.29 is 17.9 Å². The monoisotopic (exact) mass is 466 g/mol. The number of hydrogen-bond acceptors (Lipinski definition) is 4.